The summed E-state index contributed by atoms with van der Waals surface area (Å²) in [6.45, 7) is 0. The van der Waals surface area contributed by atoms with Crippen LogP contribution in [-0.2, 0) is 24.2 Å². The van der Waals surface area contributed by atoms with E-state index >= 15 is 0 Å². The van der Waals surface area contributed by atoms with Gasteiger partial charge in [0.1, 0.15) is 0 Å². The van der Waals surface area contributed by atoms with Crippen molar-refractivity contribution in [2.24, 2.45) is 0 Å². The van der Waals surface area contributed by atoms with E-state index in [0.717, 1.165) is 0 Å². The Labute approximate surface area is 259 Å². The van der Waals surface area contributed by atoms with Crippen molar-refractivity contribution in [1.29, 1.82) is 0 Å². The fraction of sp³-hybridized carbons (Fsp3) is 0. The zero-order valence-corrected chi connectivity index (χ0v) is 25.5. The van der Waals surface area contributed by atoms with Gasteiger partial charge >= 0.3 is 99.2 Å². The van der Waals surface area contributed by atoms with Gasteiger partial charge in [-0.25, -0.2) is 24.3 Å². The van der Waals surface area contributed by atoms with Gasteiger partial charge in [0.2, 0.25) is 0 Å². The Morgan fingerprint density at radius 2 is 0.744 bits per heavy atom. The van der Waals surface area contributed by atoms with Crippen molar-refractivity contribution in [3.63, 3.8) is 0 Å². The third-order valence-electron chi connectivity index (χ3n) is 5.76. The zero-order valence-electron chi connectivity index (χ0n) is 21.5. The van der Waals surface area contributed by atoms with Gasteiger partial charge in [-0.2, -0.15) is 36.4 Å². The molecule has 7 aromatic carbocycles. The summed E-state index contributed by atoms with van der Waals surface area (Å²) in [5.41, 5.74) is 2.66. The molecule has 0 amide bonds. The van der Waals surface area contributed by atoms with Crippen LogP contribution >= 0.6 is 0 Å². The van der Waals surface area contributed by atoms with E-state index in [2.05, 4.69) is 115 Å². The minimum Gasteiger partial charge on any atom is -0.214 e. The van der Waals surface area contributed by atoms with E-state index in [0.29, 0.717) is 0 Å². The van der Waals surface area contributed by atoms with Gasteiger partial charge in [0.15, 0.2) is 0 Å². The Morgan fingerprint density at radius 3 is 1.08 bits per heavy atom. The van der Waals surface area contributed by atoms with Crippen molar-refractivity contribution in [1.82, 2.24) is 0 Å². The average Bonchev–Trinajstić information content (AvgIpc) is 3.79. The quantitative estimate of drug-likeness (QED) is 0.260. The molecule has 0 bridgehead atoms. The number of halogens is 2. The first-order valence-electron chi connectivity index (χ1n) is 12.4. The predicted octanol–water partition coefficient (Wildman–Crippen LogP) is 3.33. The summed E-state index contributed by atoms with van der Waals surface area (Å²) in [5.74, 6) is 0. The SMILES string of the molecule is [Cl-].[Cl-].[Zr]=[C](c1ccccc1)c1ccccc1.c1cc[cH-]c1.c1cc[cH-]c1.c1ccc2c(c1)[cH-]c1ccccc12. The van der Waals surface area contributed by atoms with Crippen LogP contribution in [0.25, 0.3) is 21.5 Å². The second kappa shape index (κ2) is 18.1. The average molecular weight is 624 g/mol. The summed E-state index contributed by atoms with van der Waals surface area (Å²) in [5, 5.41) is 5.39. The molecule has 0 unspecified atom stereocenters. The predicted molar refractivity (Wildman–Crippen MR) is 157 cm³/mol. The number of rotatable bonds is 2. The van der Waals surface area contributed by atoms with Gasteiger partial charge in [0, 0.05) is 0 Å². The van der Waals surface area contributed by atoms with Crippen molar-refractivity contribution in [2.75, 3.05) is 0 Å². The summed E-state index contributed by atoms with van der Waals surface area (Å²) in [6.07, 6.45) is 0. The second-order valence-electron chi connectivity index (χ2n) is 8.35. The maximum Gasteiger partial charge on any atom is -0.0771 e. The fourth-order valence-corrected chi connectivity index (χ4v) is 4.74. The van der Waals surface area contributed by atoms with E-state index in [1.54, 1.807) is 0 Å². The molecule has 0 saturated carbocycles. The van der Waals surface area contributed by atoms with E-state index in [1.165, 1.54) is 60.1 Å². The third kappa shape index (κ3) is 10.1. The van der Waals surface area contributed by atoms with Gasteiger partial charge in [0.25, 0.3) is 0 Å². The first kappa shape index (κ1) is 32.0. The molecule has 7 aromatic rings. The molecule has 7 rings (SSSR count). The Balaban J connectivity index is 0.000000196. The summed E-state index contributed by atoms with van der Waals surface area (Å²) < 4.78 is 1.42. The minimum absolute atomic E-state index is 0. The van der Waals surface area contributed by atoms with Crippen LogP contribution in [0.2, 0.25) is 0 Å². The van der Waals surface area contributed by atoms with Crippen LogP contribution in [0.4, 0.5) is 0 Å². The van der Waals surface area contributed by atoms with Gasteiger partial charge in [-0.1, -0.05) is 36.4 Å². The van der Waals surface area contributed by atoms with Gasteiger partial charge in [-0.15, -0.1) is 39.7 Å². The van der Waals surface area contributed by atoms with Crippen LogP contribution in [0.15, 0.2) is 176 Å². The van der Waals surface area contributed by atoms with Gasteiger partial charge in [0.05, 0.1) is 0 Å². The molecule has 0 aliphatic heterocycles. The van der Waals surface area contributed by atoms with Gasteiger partial charge in [-0.05, 0) is 0 Å². The summed E-state index contributed by atoms with van der Waals surface area (Å²) in [4.78, 5) is 0. The van der Waals surface area contributed by atoms with E-state index in [9.17, 15) is 0 Å². The molecular formula is C36H29Cl2Zr-5. The number of benzene rings is 4. The number of hydrogen-bond acceptors (Lipinski definition) is 0. The molecule has 0 heterocycles. The van der Waals surface area contributed by atoms with Crippen LogP contribution in [0.5, 0.6) is 0 Å². The smallest absolute Gasteiger partial charge is 0.0771 e. The molecule has 39 heavy (non-hydrogen) atoms. The fourth-order valence-electron chi connectivity index (χ4n) is 3.92. The molecular weight excluding hydrogens is 595 g/mol. The molecule has 0 aliphatic rings. The number of hydrogen-bond donors (Lipinski definition) is 0. The molecule has 0 aromatic heterocycles. The molecule has 0 saturated heterocycles. The van der Waals surface area contributed by atoms with Crippen LogP contribution in [0, 0.1) is 0 Å². The van der Waals surface area contributed by atoms with Crippen LogP contribution in [0.1, 0.15) is 11.1 Å². The number of fused-ring (bicyclic) bond motifs is 3. The summed E-state index contributed by atoms with van der Waals surface area (Å²) in [6, 6.07) is 60.4. The summed E-state index contributed by atoms with van der Waals surface area (Å²) in [7, 11) is 0. The molecule has 0 aliphatic carbocycles. The molecule has 3 heteroatoms. The first-order chi connectivity index (χ1) is 18.3. The van der Waals surface area contributed by atoms with Crippen molar-refractivity contribution < 1.29 is 49.0 Å². The van der Waals surface area contributed by atoms with Crippen LogP contribution in [-0.4, -0.2) is 3.21 Å². The summed E-state index contributed by atoms with van der Waals surface area (Å²) >= 11 is 1.46. The maximum absolute atomic E-state index is 2.24. The van der Waals surface area contributed by atoms with E-state index < -0.39 is 0 Å². The molecule has 0 spiro atoms. The maximum atomic E-state index is 2.24. The standard InChI is InChI=1S/C13H9.C13H10.2C5H5.2ClH.Zr/c1-3-7-12-10(5-1)9-11-6-2-4-8-13(11)12;1-3-7-12(8-4-1)11-13-9-5-2-6-10-13;2*1-2-4-5-3-1;;;/h1-9H;1-10H;2*1-5H;2*1H;/q-1;;2*-1;;;/p-2. The van der Waals surface area contributed by atoms with Crippen molar-refractivity contribution in [2.45, 2.75) is 0 Å². The minimum atomic E-state index is 0. The second-order valence-corrected chi connectivity index (χ2v) is 9.58. The topological polar surface area (TPSA) is 0 Å². The molecule has 0 fully saturated rings. The van der Waals surface area contributed by atoms with Gasteiger partial charge in [-0.3, -0.25) is 0 Å². The van der Waals surface area contributed by atoms with Gasteiger partial charge < -0.3 is 24.8 Å². The Bertz CT molecular complexity index is 1410. The molecule has 0 atom stereocenters. The van der Waals surface area contributed by atoms with Crippen molar-refractivity contribution in [3.05, 3.63) is 187 Å². The normalized spacial score (nSPS) is 9.21. The molecule has 0 nitrogen and oxygen atoms in total. The van der Waals surface area contributed by atoms with E-state index in [4.69, 9.17) is 0 Å². The van der Waals surface area contributed by atoms with Crippen molar-refractivity contribution >= 4 is 24.8 Å². The van der Waals surface area contributed by atoms with E-state index in [-0.39, 0.29) is 24.8 Å². The zero-order chi connectivity index (χ0) is 25.5. The van der Waals surface area contributed by atoms with Crippen LogP contribution in [0.3, 0.4) is 0 Å². The Hall–Kier alpha value is -3.22. The third-order valence-corrected chi connectivity index (χ3v) is 7.18. The molecule has 0 radical (unpaired) electrons. The van der Waals surface area contributed by atoms with E-state index in [1.807, 2.05) is 60.7 Å². The Morgan fingerprint density at radius 1 is 0.410 bits per heavy atom. The largest absolute Gasteiger partial charge is 0.214 e. The van der Waals surface area contributed by atoms with Crippen LogP contribution < -0.4 is 24.8 Å². The Kier molecular flexibility index (Phi) is 14.9. The first-order valence-corrected chi connectivity index (χ1v) is 13.6. The molecule has 0 N–H and O–H groups in total. The van der Waals surface area contributed by atoms with Crippen molar-refractivity contribution in [3.8, 4) is 0 Å². The monoisotopic (exact) mass is 621 g/mol. The molecule has 196 valence electrons.